The van der Waals surface area contributed by atoms with Crippen molar-refractivity contribution in [2.75, 3.05) is 20.1 Å². The van der Waals surface area contributed by atoms with Crippen LogP contribution in [0.25, 0.3) is 0 Å². The summed E-state index contributed by atoms with van der Waals surface area (Å²) in [7, 11) is 1.74. The Bertz CT molecular complexity index is 530. The van der Waals surface area contributed by atoms with Gasteiger partial charge in [-0.25, -0.2) is 4.39 Å². The number of benzene rings is 1. The van der Waals surface area contributed by atoms with Gasteiger partial charge in [0.25, 0.3) is 5.91 Å². The second-order valence-electron chi connectivity index (χ2n) is 5.08. The van der Waals surface area contributed by atoms with Gasteiger partial charge in [-0.1, -0.05) is 0 Å². The van der Waals surface area contributed by atoms with Gasteiger partial charge < -0.3 is 10.2 Å². The number of likely N-dealkylation sites (tertiary alicyclic amines) is 1. The molecule has 1 aliphatic rings. The van der Waals surface area contributed by atoms with E-state index in [4.69, 9.17) is 0 Å². The summed E-state index contributed by atoms with van der Waals surface area (Å²) in [5, 5.41) is 2.95. The van der Waals surface area contributed by atoms with E-state index in [1.54, 1.807) is 7.05 Å². The molecule has 7 heteroatoms. The fourth-order valence-electron chi connectivity index (χ4n) is 2.59. The molecule has 0 bridgehead atoms. The predicted molar refractivity (Wildman–Crippen MR) is 69.4 cm³/mol. The van der Waals surface area contributed by atoms with E-state index in [0.29, 0.717) is 25.2 Å². The quantitative estimate of drug-likeness (QED) is 0.871. The summed E-state index contributed by atoms with van der Waals surface area (Å²) in [6, 6.07) is 1.89. The Labute approximate surface area is 119 Å². The third-order valence-electron chi connectivity index (χ3n) is 3.55. The number of carbonyl (C=O) groups excluding carboxylic acids is 1. The zero-order chi connectivity index (χ0) is 15.6. The van der Waals surface area contributed by atoms with Crippen molar-refractivity contribution in [2.45, 2.75) is 25.1 Å². The third kappa shape index (κ3) is 3.53. The second-order valence-corrected chi connectivity index (χ2v) is 5.08. The molecule has 0 saturated carbocycles. The van der Waals surface area contributed by atoms with Crippen molar-refractivity contribution >= 4 is 5.91 Å². The maximum atomic E-state index is 13.4. The number of carbonyl (C=O) groups is 1. The molecule has 3 nitrogen and oxygen atoms in total. The number of halogens is 4. The van der Waals surface area contributed by atoms with E-state index in [9.17, 15) is 22.4 Å². The normalized spacial score (nSPS) is 19.1. The number of hydrogen-bond donors (Lipinski definition) is 1. The number of amides is 1. The highest BCUT2D eigenvalue weighted by Crippen LogP contribution is 2.31. The van der Waals surface area contributed by atoms with Gasteiger partial charge in [-0.05, 0) is 38.1 Å². The monoisotopic (exact) mass is 304 g/mol. The van der Waals surface area contributed by atoms with Crippen LogP contribution >= 0.6 is 0 Å². The summed E-state index contributed by atoms with van der Waals surface area (Å²) in [5.41, 5.74) is -1.40. The Balaban J connectivity index is 2.29. The van der Waals surface area contributed by atoms with Crippen LogP contribution in [0, 0.1) is 5.82 Å². The van der Waals surface area contributed by atoms with Crippen molar-refractivity contribution in [3.05, 3.63) is 35.1 Å². The minimum absolute atomic E-state index is 0.0693. The van der Waals surface area contributed by atoms with E-state index in [1.165, 1.54) is 4.90 Å². The van der Waals surface area contributed by atoms with Crippen LogP contribution in [-0.4, -0.2) is 37.0 Å². The highest BCUT2D eigenvalue weighted by molar-refractivity contribution is 5.94. The molecule has 1 N–H and O–H groups in total. The molecule has 1 atom stereocenters. The highest BCUT2D eigenvalue weighted by Gasteiger charge is 2.34. The minimum atomic E-state index is -4.67. The number of hydrogen-bond acceptors (Lipinski definition) is 2. The van der Waals surface area contributed by atoms with Crippen molar-refractivity contribution in [2.24, 2.45) is 0 Å². The molecular formula is C14H16F4N2O. The molecule has 0 radical (unpaired) electrons. The lowest BCUT2D eigenvalue weighted by Crippen LogP contribution is -2.40. The first-order chi connectivity index (χ1) is 9.82. The molecule has 0 spiro atoms. The zero-order valence-electron chi connectivity index (χ0n) is 11.5. The van der Waals surface area contributed by atoms with Crippen LogP contribution in [-0.2, 0) is 6.18 Å². The summed E-state index contributed by atoms with van der Waals surface area (Å²) in [5.74, 6) is -1.62. The lowest BCUT2D eigenvalue weighted by Gasteiger charge is -2.25. The van der Waals surface area contributed by atoms with Gasteiger partial charge in [0.1, 0.15) is 5.82 Å². The van der Waals surface area contributed by atoms with Crippen molar-refractivity contribution in [3.8, 4) is 0 Å². The zero-order valence-corrected chi connectivity index (χ0v) is 11.5. The summed E-state index contributed by atoms with van der Waals surface area (Å²) < 4.78 is 51.4. The first kappa shape index (κ1) is 15.8. The molecule has 2 rings (SSSR count). The molecule has 1 aromatic rings. The fourth-order valence-corrected chi connectivity index (χ4v) is 2.59. The van der Waals surface area contributed by atoms with Crippen LogP contribution in [0.3, 0.4) is 0 Å². The highest BCUT2D eigenvalue weighted by atomic mass is 19.4. The van der Waals surface area contributed by atoms with Gasteiger partial charge in [-0.15, -0.1) is 0 Å². The molecule has 1 aromatic carbocycles. The molecule has 1 heterocycles. The van der Waals surface area contributed by atoms with Crippen LogP contribution < -0.4 is 5.32 Å². The maximum absolute atomic E-state index is 13.4. The van der Waals surface area contributed by atoms with Crippen molar-refractivity contribution in [1.29, 1.82) is 0 Å². The van der Waals surface area contributed by atoms with Crippen molar-refractivity contribution < 1.29 is 22.4 Å². The predicted octanol–water partition coefficient (Wildman–Crippen LogP) is 2.67. The van der Waals surface area contributed by atoms with Gasteiger partial charge in [0.15, 0.2) is 0 Å². The second kappa shape index (κ2) is 6.01. The van der Waals surface area contributed by atoms with Gasteiger partial charge in [-0.2, -0.15) is 13.2 Å². The molecule has 1 aliphatic heterocycles. The molecule has 0 aliphatic carbocycles. The molecule has 0 aromatic heterocycles. The first-order valence-electron chi connectivity index (χ1n) is 6.66. The van der Waals surface area contributed by atoms with Gasteiger partial charge in [-0.3, -0.25) is 4.79 Å². The number of rotatable bonds is 3. The van der Waals surface area contributed by atoms with E-state index in [1.807, 2.05) is 0 Å². The Morgan fingerprint density at radius 2 is 2.10 bits per heavy atom. The van der Waals surface area contributed by atoms with E-state index < -0.39 is 23.5 Å². The van der Waals surface area contributed by atoms with Crippen molar-refractivity contribution in [1.82, 2.24) is 10.2 Å². The molecule has 21 heavy (non-hydrogen) atoms. The fraction of sp³-hybridized carbons (Fsp3) is 0.500. The van der Waals surface area contributed by atoms with Gasteiger partial charge >= 0.3 is 6.18 Å². The van der Waals surface area contributed by atoms with Crippen LogP contribution in [0.4, 0.5) is 17.6 Å². The standard InChI is InChI=1S/C14H16F4N2O/c1-19-8-12-3-2-4-20(12)13(21)9-5-10(14(16,17)18)7-11(15)6-9/h5-7,12,19H,2-4,8H2,1H3/t12-/m1/s1. The van der Waals surface area contributed by atoms with Crippen LogP contribution in [0.15, 0.2) is 18.2 Å². The van der Waals surface area contributed by atoms with E-state index in [0.717, 1.165) is 18.9 Å². The minimum Gasteiger partial charge on any atom is -0.334 e. The maximum Gasteiger partial charge on any atom is 0.416 e. The number of alkyl halides is 3. The number of nitrogens with one attached hydrogen (secondary N) is 1. The van der Waals surface area contributed by atoms with E-state index in [2.05, 4.69) is 5.32 Å². The topological polar surface area (TPSA) is 32.3 Å². The van der Waals surface area contributed by atoms with Crippen LogP contribution in [0.1, 0.15) is 28.8 Å². The van der Waals surface area contributed by atoms with Crippen LogP contribution in [0.2, 0.25) is 0 Å². The van der Waals surface area contributed by atoms with E-state index >= 15 is 0 Å². The largest absolute Gasteiger partial charge is 0.416 e. The van der Waals surface area contributed by atoms with Gasteiger partial charge in [0.2, 0.25) is 0 Å². The summed E-state index contributed by atoms with van der Waals surface area (Å²) in [6.07, 6.45) is -3.10. The Hall–Kier alpha value is -1.63. The lowest BCUT2D eigenvalue weighted by molar-refractivity contribution is -0.137. The molecule has 1 amide bonds. The average Bonchev–Trinajstić information content (AvgIpc) is 2.85. The molecule has 1 fully saturated rings. The molecule has 0 unspecified atom stereocenters. The number of likely N-dealkylation sites (N-methyl/N-ethyl adjacent to an activating group) is 1. The van der Waals surface area contributed by atoms with Crippen LogP contribution in [0.5, 0.6) is 0 Å². The summed E-state index contributed by atoms with van der Waals surface area (Å²) in [4.78, 5) is 13.8. The SMILES string of the molecule is CNC[C@H]1CCCN1C(=O)c1cc(F)cc(C(F)(F)F)c1. The van der Waals surface area contributed by atoms with Gasteiger partial charge in [0.05, 0.1) is 5.56 Å². The first-order valence-corrected chi connectivity index (χ1v) is 6.66. The van der Waals surface area contributed by atoms with Gasteiger partial charge in [0, 0.05) is 24.7 Å². The third-order valence-corrected chi connectivity index (χ3v) is 3.55. The molecule has 116 valence electrons. The molecule has 1 saturated heterocycles. The summed E-state index contributed by atoms with van der Waals surface area (Å²) >= 11 is 0. The molecular weight excluding hydrogens is 288 g/mol. The Kier molecular flexibility index (Phi) is 4.51. The Morgan fingerprint density at radius 1 is 1.38 bits per heavy atom. The number of nitrogens with zero attached hydrogens (tertiary/aromatic N) is 1. The van der Waals surface area contributed by atoms with Crippen molar-refractivity contribution in [3.63, 3.8) is 0 Å². The smallest absolute Gasteiger partial charge is 0.334 e. The van der Waals surface area contributed by atoms with E-state index in [-0.39, 0.29) is 11.6 Å². The Morgan fingerprint density at radius 3 is 2.71 bits per heavy atom. The lowest BCUT2D eigenvalue weighted by atomic mass is 10.1. The summed E-state index contributed by atoms with van der Waals surface area (Å²) in [6.45, 7) is 1.04. The average molecular weight is 304 g/mol.